The zero-order chi connectivity index (χ0) is 10.8. The van der Waals surface area contributed by atoms with Crippen molar-refractivity contribution in [2.75, 3.05) is 0 Å². The molecule has 0 aliphatic carbocycles. The normalized spacial score (nSPS) is 11.8. The van der Waals surface area contributed by atoms with Crippen LogP contribution in [0.2, 0.25) is 0 Å². The molecule has 0 amide bonds. The van der Waals surface area contributed by atoms with Crippen LogP contribution in [0.5, 0.6) is 0 Å². The quantitative estimate of drug-likeness (QED) is 0.665. The molecule has 0 radical (unpaired) electrons. The molecular formula is C13H19F. The molecule has 0 bridgehead atoms. The Balaban J connectivity index is 3.02. The summed E-state index contributed by atoms with van der Waals surface area (Å²) in [6.45, 7) is 8.20. The van der Waals surface area contributed by atoms with E-state index in [2.05, 4.69) is 6.92 Å². The fraction of sp³-hybridized carbons (Fsp3) is 0.538. The second-order valence-electron chi connectivity index (χ2n) is 4.81. The largest absolute Gasteiger partial charge is 0.207 e. The highest BCUT2D eigenvalue weighted by atomic mass is 19.1. The fourth-order valence-corrected chi connectivity index (χ4v) is 1.61. The second kappa shape index (κ2) is 4.12. The Bertz CT molecular complexity index is 308. The maximum absolute atomic E-state index is 13.7. The Kier molecular flexibility index (Phi) is 3.30. The number of hydrogen-bond donors (Lipinski definition) is 0. The summed E-state index contributed by atoms with van der Waals surface area (Å²) < 4.78 is 13.7. The van der Waals surface area contributed by atoms with Crippen molar-refractivity contribution < 1.29 is 4.39 Å². The summed E-state index contributed by atoms with van der Waals surface area (Å²) in [6, 6.07) is 5.62. The lowest BCUT2D eigenvalue weighted by molar-refractivity contribution is 0.521. The Labute approximate surface area is 86.2 Å². The molecule has 14 heavy (non-hydrogen) atoms. The summed E-state index contributed by atoms with van der Waals surface area (Å²) in [7, 11) is 0. The maximum Gasteiger partial charge on any atom is 0.127 e. The molecule has 1 aromatic carbocycles. The lowest BCUT2D eigenvalue weighted by Crippen LogP contribution is -2.13. The van der Waals surface area contributed by atoms with Crippen molar-refractivity contribution in [1.82, 2.24) is 0 Å². The highest BCUT2D eigenvalue weighted by Gasteiger charge is 2.17. The van der Waals surface area contributed by atoms with Crippen LogP contribution in [-0.2, 0) is 11.8 Å². The standard InChI is InChI=1S/C13H19F/c1-5-6-10-7-8-11(12(14)9-10)13(2,3)4/h7-9H,5-6H2,1-4H3. The van der Waals surface area contributed by atoms with Gasteiger partial charge in [0.1, 0.15) is 5.82 Å². The molecule has 0 atom stereocenters. The smallest absolute Gasteiger partial charge is 0.127 e. The monoisotopic (exact) mass is 194 g/mol. The summed E-state index contributed by atoms with van der Waals surface area (Å²) in [6.07, 6.45) is 2.02. The summed E-state index contributed by atoms with van der Waals surface area (Å²) in [5, 5.41) is 0. The molecule has 0 aromatic heterocycles. The van der Waals surface area contributed by atoms with E-state index in [-0.39, 0.29) is 11.2 Å². The third-order valence-electron chi connectivity index (χ3n) is 2.38. The highest BCUT2D eigenvalue weighted by molar-refractivity contribution is 5.29. The summed E-state index contributed by atoms with van der Waals surface area (Å²) in [5.41, 5.74) is 1.80. The molecule has 0 aliphatic heterocycles. The molecule has 1 rings (SSSR count). The first kappa shape index (κ1) is 11.2. The van der Waals surface area contributed by atoms with E-state index in [0.29, 0.717) is 0 Å². The Morgan fingerprint density at radius 2 is 1.86 bits per heavy atom. The van der Waals surface area contributed by atoms with Gasteiger partial charge in [0.15, 0.2) is 0 Å². The van der Waals surface area contributed by atoms with Crippen LogP contribution in [0.15, 0.2) is 18.2 Å². The van der Waals surface area contributed by atoms with Crippen molar-refractivity contribution in [3.8, 4) is 0 Å². The first-order valence-corrected chi connectivity index (χ1v) is 5.24. The van der Waals surface area contributed by atoms with Crippen LogP contribution < -0.4 is 0 Å². The van der Waals surface area contributed by atoms with Crippen molar-refractivity contribution in [3.63, 3.8) is 0 Å². The van der Waals surface area contributed by atoms with Crippen molar-refractivity contribution in [2.45, 2.75) is 46.0 Å². The topological polar surface area (TPSA) is 0 Å². The summed E-state index contributed by atoms with van der Waals surface area (Å²) in [5.74, 6) is -0.0662. The molecule has 0 nitrogen and oxygen atoms in total. The summed E-state index contributed by atoms with van der Waals surface area (Å²) >= 11 is 0. The molecule has 0 N–H and O–H groups in total. The number of benzene rings is 1. The van der Waals surface area contributed by atoms with E-state index in [1.54, 1.807) is 6.07 Å². The lowest BCUT2D eigenvalue weighted by Gasteiger charge is -2.20. The van der Waals surface area contributed by atoms with Gasteiger partial charge in [0.05, 0.1) is 0 Å². The predicted octanol–water partition coefficient (Wildman–Crippen LogP) is 4.08. The van der Waals surface area contributed by atoms with E-state index in [1.165, 1.54) is 0 Å². The van der Waals surface area contributed by atoms with Crippen LogP contribution in [0.3, 0.4) is 0 Å². The van der Waals surface area contributed by atoms with Crippen molar-refractivity contribution in [1.29, 1.82) is 0 Å². The third-order valence-corrected chi connectivity index (χ3v) is 2.38. The van der Waals surface area contributed by atoms with Gasteiger partial charge < -0.3 is 0 Å². The SMILES string of the molecule is CCCc1ccc(C(C)(C)C)c(F)c1. The maximum atomic E-state index is 13.7. The van der Waals surface area contributed by atoms with Gasteiger partial charge in [0.2, 0.25) is 0 Å². The average Bonchev–Trinajstić information content (AvgIpc) is 2.02. The molecule has 0 fully saturated rings. The molecule has 78 valence electrons. The molecule has 0 saturated carbocycles. The third kappa shape index (κ3) is 2.57. The van der Waals surface area contributed by atoms with Gasteiger partial charge in [-0.05, 0) is 29.0 Å². The molecule has 0 aliphatic rings. The van der Waals surface area contributed by atoms with E-state index < -0.39 is 0 Å². The minimum Gasteiger partial charge on any atom is -0.207 e. The highest BCUT2D eigenvalue weighted by Crippen LogP contribution is 2.25. The number of rotatable bonds is 2. The van der Waals surface area contributed by atoms with Crippen LogP contribution in [0.1, 0.15) is 45.2 Å². The Hall–Kier alpha value is -0.850. The van der Waals surface area contributed by atoms with Crippen molar-refractivity contribution >= 4 is 0 Å². The number of hydrogen-bond acceptors (Lipinski definition) is 0. The van der Waals surface area contributed by atoms with Gasteiger partial charge in [-0.2, -0.15) is 0 Å². The molecule has 0 heterocycles. The second-order valence-corrected chi connectivity index (χ2v) is 4.81. The lowest BCUT2D eigenvalue weighted by atomic mass is 9.86. The van der Waals surface area contributed by atoms with E-state index in [4.69, 9.17) is 0 Å². The van der Waals surface area contributed by atoms with Crippen LogP contribution in [-0.4, -0.2) is 0 Å². The molecule has 0 unspecified atom stereocenters. The van der Waals surface area contributed by atoms with Crippen molar-refractivity contribution in [2.24, 2.45) is 0 Å². The van der Waals surface area contributed by atoms with Crippen LogP contribution in [0.25, 0.3) is 0 Å². The molecule has 1 aromatic rings. The Morgan fingerprint density at radius 1 is 1.21 bits per heavy atom. The molecule has 0 saturated heterocycles. The van der Waals surface area contributed by atoms with Gasteiger partial charge in [0, 0.05) is 0 Å². The van der Waals surface area contributed by atoms with Crippen molar-refractivity contribution in [3.05, 3.63) is 35.1 Å². The molecule has 1 heteroatoms. The van der Waals surface area contributed by atoms with Gasteiger partial charge in [-0.15, -0.1) is 0 Å². The van der Waals surface area contributed by atoms with Gasteiger partial charge in [0.25, 0.3) is 0 Å². The number of aryl methyl sites for hydroxylation is 1. The van der Waals surface area contributed by atoms with Crippen LogP contribution in [0.4, 0.5) is 4.39 Å². The predicted molar refractivity (Wildman–Crippen MR) is 59.1 cm³/mol. The molecule has 0 spiro atoms. The van der Waals surface area contributed by atoms with Gasteiger partial charge in [-0.25, -0.2) is 4.39 Å². The molecular weight excluding hydrogens is 175 g/mol. The van der Waals surface area contributed by atoms with Gasteiger partial charge in [-0.1, -0.05) is 46.2 Å². The fourth-order valence-electron chi connectivity index (χ4n) is 1.61. The zero-order valence-corrected chi connectivity index (χ0v) is 9.52. The van der Waals surface area contributed by atoms with Gasteiger partial charge in [-0.3, -0.25) is 0 Å². The van der Waals surface area contributed by atoms with E-state index in [0.717, 1.165) is 24.0 Å². The Morgan fingerprint density at radius 3 is 2.29 bits per heavy atom. The minimum atomic E-state index is -0.102. The average molecular weight is 194 g/mol. The first-order valence-electron chi connectivity index (χ1n) is 5.24. The zero-order valence-electron chi connectivity index (χ0n) is 9.52. The van der Waals surface area contributed by atoms with Crippen LogP contribution in [0, 0.1) is 5.82 Å². The summed E-state index contributed by atoms with van der Waals surface area (Å²) in [4.78, 5) is 0. The van der Waals surface area contributed by atoms with E-state index in [1.807, 2.05) is 32.9 Å². The first-order chi connectivity index (χ1) is 6.45. The van der Waals surface area contributed by atoms with E-state index in [9.17, 15) is 4.39 Å². The van der Waals surface area contributed by atoms with Crippen LogP contribution >= 0.6 is 0 Å². The van der Waals surface area contributed by atoms with Gasteiger partial charge >= 0.3 is 0 Å². The number of halogens is 1. The minimum absolute atomic E-state index is 0.0662. The van der Waals surface area contributed by atoms with E-state index >= 15 is 0 Å².